The number of nitrogens with one attached hydrogen (secondary N) is 2. The summed E-state index contributed by atoms with van der Waals surface area (Å²) in [5.74, 6) is 0.249. The molecule has 0 atom stereocenters. The van der Waals surface area contributed by atoms with Crippen LogP contribution in [0.3, 0.4) is 0 Å². The second-order valence-electron chi connectivity index (χ2n) is 5.99. The fourth-order valence-electron chi connectivity index (χ4n) is 2.57. The van der Waals surface area contributed by atoms with Crippen LogP contribution in [0.25, 0.3) is 10.9 Å². The van der Waals surface area contributed by atoms with Crippen molar-refractivity contribution in [1.82, 2.24) is 10.4 Å². The minimum atomic E-state index is -0.404. The summed E-state index contributed by atoms with van der Waals surface area (Å²) in [7, 11) is 0. The number of amides is 1. The first-order valence-corrected chi connectivity index (χ1v) is 8.17. The fourth-order valence-corrected chi connectivity index (χ4v) is 2.57. The van der Waals surface area contributed by atoms with E-state index in [1.54, 1.807) is 6.07 Å². The Morgan fingerprint density at radius 2 is 2.00 bits per heavy atom. The van der Waals surface area contributed by atoms with Gasteiger partial charge in [-0.05, 0) is 43.0 Å². The number of carbonyl (C=O) groups is 1. The lowest BCUT2D eigenvalue weighted by Crippen LogP contribution is -2.25. The molecule has 0 aliphatic carbocycles. The summed E-state index contributed by atoms with van der Waals surface area (Å²) in [5, 5.41) is 4.72. The van der Waals surface area contributed by atoms with Gasteiger partial charge in [0, 0.05) is 5.52 Å². The number of hydrazone groups is 1. The molecule has 26 heavy (non-hydrogen) atoms. The van der Waals surface area contributed by atoms with Crippen LogP contribution in [0.15, 0.2) is 58.4 Å². The van der Waals surface area contributed by atoms with E-state index in [9.17, 15) is 9.59 Å². The number of benzene rings is 2. The van der Waals surface area contributed by atoms with Gasteiger partial charge in [0.2, 0.25) is 0 Å². The van der Waals surface area contributed by atoms with Gasteiger partial charge in [0.05, 0.1) is 11.8 Å². The van der Waals surface area contributed by atoms with Crippen molar-refractivity contribution in [3.05, 3.63) is 75.6 Å². The molecule has 0 spiro atoms. The first-order valence-electron chi connectivity index (χ1n) is 8.17. The van der Waals surface area contributed by atoms with Crippen LogP contribution >= 0.6 is 0 Å². The smallest absolute Gasteiger partial charge is 0.277 e. The topological polar surface area (TPSA) is 83.5 Å². The highest BCUT2D eigenvalue weighted by Gasteiger charge is 2.05. The van der Waals surface area contributed by atoms with Gasteiger partial charge in [-0.3, -0.25) is 9.59 Å². The van der Waals surface area contributed by atoms with Gasteiger partial charge in [-0.2, -0.15) is 5.10 Å². The van der Waals surface area contributed by atoms with Crippen LogP contribution in [0.2, 0.25) is 0 Å². The Hall–Kier alpha value is -3.41. The fraction of sp³-hybridized carbons (Fsp3) is 0.150. The summed E-state index contributed by atoms with van der Waals surface area (Å²) in [6, 6.07) is 14.9. The Bertz CT molecular complexity index is 1040. The van der Waals surface area contributed by atoms with Crippen molar-refractivity contribution >= 4 is 23.0 Å². The normalized spacial score (nSPS) is 11.0. The summed E-state index contributed by atoms with van der Waals surface area (Å²) < 4.78 is 5.48. The molecule has 6 heteroatoms. The number of aryl methyl sites for hydroxylation is 2. The van der Waals surface area contributed by atoms with Crippen LogP contribution in [0.1, 0.15) is 16.7 Å². The molecule has 0 saturated heterocycles. The van der Waals surface area contributed by atoms with E-state index in [2.05, 4.69) is 15.5 Å². The van der Waals surface area contributed by atoms with Crippen molar-refractivity contribution < 1.29 is 9.53 Å². The second kappa shape index (κ2) is 7.65. The zero-order valence-corrected chi connectivity index (χ0v) is 14.6. The molecule has 0 saturated carbocycles. The molecule has 3 aromatic rings. The monoisotopic (exact) mass is 349 g/mol. The van der Waals surface area contributed by atoms with Gasteiger partial charge in [-0.25, -0.2) is 5.43 Å². The molecular weight excluding hydrogens is 330 g/mol. The maximum atomic E-state index is 12.0. The van der Waals surface area contributed by atoms with Gasteiger partial charge in [0.15, 0.2) is 6.61 Å². The van der Waals surface area contributed by atoms with Crippen LogP contribution < -0.4 is 15.7 Å². The molecule has 132 valence electrons. The summed E-state index contributed by atoms with van der Waals surface area (Å²) in [6.45, 7) is 3.76. The number of hydrogen-bond acceptors (Lipinski definition) is 4. The van der Waals surface area contributed by atoms with Crippen LogP contribution in [0, 0.1) is 13.8 Å². The predicted octanol–water partition coefficient (Wildman–Crippen LogP) is 2.67. The lowest BCUT2D eigenvalue weighted by Gasteiger charge is -2.08. The zero-order chi connectivity index (χ0) is 18.5. The zero-order valence-electron chi connectivity index (χ0n) is 14.6. The number of pyridine rings is 1. The predicted molar refractivity (Wildman–Crippen MR) is 102 cm³/mol. The van der Waals surface area contributed by atoms with Gasteiger partial charge in [0.25, 0.3) is 11.5 Å². The number of ether oxygens (including phenoxy) is 1. The van der Waals surface area contributed by atoms with E-state index in [1.807, 2.05) is 56.3 Å². The largest absolute Gasteiger partial charge is 0.483 e. The highest BCUT2D eigenvalue weighted by atomic mass is 16.5. The van der Waals surface area contributed by atoms with Crippen molar-refractivity contribution in [2.75, 3.05) is 6.61 Å². The molecule has 0 aliphatic heterocycles. The average molecular weight is 349 g/mol. The number of nitrogens with zero attached hydrogens (tertiary/aromatic N) is 1. The van der Waals surface area contributed by atoms with Crippen molar-refractivity contribution in [3.8, 4) is 5.75 Å². The third-order valence-electron chi connectivity index (χ3n) is 3.86. The molecule has 0 radical (unpaired) electrons. The number of rotatable bonds is 5. The molecule has 2 N–H and O–H groups in total. The molecule has 3 rings (SSSR count). The van der Waals surface area contributed by atoms with E-state index >= 15 is 0 Å². The van der Waals surface area contributed by atoms with Crippen molar-refractivity contribution in [2.24, 2.45) is 5.10 Å². The number of fused-ring (bicyclic) bond motifs is 1. The molecule has 1 heterocycles. The second-order valence-corrected chi connectivity index (χ2v) is 5.99. The van der Waals surface area contributed by atoms with Gasteiger partial charge < -0.3 is 9.72 Å². The minimum absolute atomic E-state index is 0.157. The first-order chi connectivity index (χ1) is 12.5. The SMILES string of the molecule is Cc1ccc(OCC(=O)NN=Cc2cc3ccccc3[nH]c2=O)c(C)c1. The maximum absolute atomic E-state index is 12.0. The highest BCUT2D eigenvalue weighted by Crippen LogP contribution is 2.18. The molecule has 0 fully saturated rings. The van der Waals surface area contributed by atoms with Crippen LogP contribution in [-0.4, -0.2) is 23.7 Å². The standard InChI is InChI=1S/C20H19N3O3/c1-13-7-8-18(14(2)9-13)26-12-19(24)23-21-11-16-10-15-5-3-4-6-17(15)22-20(16)25/h3-11H,12H2,1-2H3,(H,22,25)(H,23,24). The minimum Gasteiger partial charge on any atom is -0.483 e. The molecule has 1 amide bonds. The number of aromatic amines is 1. The Morgan fingerprint density at radius 1 is 1.19 bits per heavy atom. The van der Waals surface area contributed by atoms with E-state index < -0.39 is 5.91 Å². The van der Waals surface area contributed by atoms with Crippen molar-refractivity contribution in [2.45, 2.75) is 13.8 Å². The third kappa shape index (κ3) is 4.16. The summed E-state index contributed by atoms with van der Waals surface area (Å²) in [5.41, 5.74) is 5.29. The van der Waals surface area contributed by atoms with E-state index in [0.29, 0.717) is 11.3 Å². The molecular formula is C20H19N3O3. The summed E-state index contributed by atoms with van der Waals surface area (Å²) in [4.78, 5) is 26.6. The lowest BCUT2D eigenvalue weighted by atomic mass is 10.1. The first kappa shape index (κ1) is 17.4. The lowest BCUT2D eigenvalue weighted by molar-refractivity contribution is -0.123. The summed E-state index contributed by atoms with van der Waals surface area (Å²) in [6.07, 6.45) is 1.32. The van der Waals surface area contributed by atoms with Gasteiger partial charge in [0.1, 0.15) is 5.75 Å². The number of para-hydroxylation sites is 1. The van der Waals surface area contributed by atoms with E-state index in [1.165, 1.54) is 6.21 Å². The Morgan fingerprint density at radius 3 is 2.81 bits per heavy atom. The number of hydrogen-bond donors (Lipinski definition) is 2. The van der Waals surface area contributed by atoms with Crippen molar-refractivity contribution in [3.63, 3.8) is 0 Å². The van der Waals surface area contributed by atoms with Crippen LogP contribution in [0.5, 0.6) is 5.75 Å². The van der Waals surface area contributed by atoms with E-state index in [0.717, 1.165) is 22.0 Å². The number of carbonyl (C=O) groups excluding carboxylic acids is 1. The Balaban J connectivity index is 1.60. The Labute approximate surface area is 150 Å². The van der Waals surface area contributed by atoms with Gasteiger partial charge >= 0.3 is 0 Å². The molecule has 0 unspecified atom stereocenters. The van der Waals surface area contributed by atoms with Gasteiger partial charge in [-0.15, -0.1) is 0 Å². The molecule has 1 aromatic heterocycles. The van der Waals surface area contributed by atoms with E-state index in [-0.39, 0.29) is 12.2 Å². The van der Waals surface area contributed by atoms with Crippen molar-refractivity contribution in [1.29, 1.82) is 0 Å². The van der Waals surface area contributed by atoms with Gasteiger partial charge in [-0.1, -0.05) is 35.9 Å². The van der Waals surface area contributed by atoms with Crippen LogP contribution in [0.4, 0.5) is 0 Å². The van der Waals surface area contributed by atoms with E-state index in [4.69, 9.17) is 4.74 Å². The molecule has 2 aromatic carbocycles. The average Bonchev–Trinajstić information content (AvgIpc) is 2.61. The quantitative estimate of drug-likeness (QED) is 0.549. The number of H-pyrrole nitrogens is 1. The molecule has 0 bridgehead atoms. The number of aromatic nitrogens is 1. The molecule has 6 nitrogen and oxygen atoms in total. The highest BCUT2D eigenvalue weighted by molar-refractivity contribution is 5.88. The summed E-state index contributed by atoms with van der Waals surface area (Å²) >= 11 is 0. The van der Waals surface area contributed by atoms with Crippen LogP contribution in [-0.2, 0) is 4.79 Å². The Kier molecular flexibility index (Phi) is 5.12. The molecule has 0 aliphatic rings. The third-order valence-corrected chi connectivity index (χ3v) is 3.86. The maximum Gasteiger partial charge on any atom is 0.277 e.